The van der Waals surface area contributed by atoms with Crippen molar-refractivity contribution in [1.82, 2.24) is 10.3 Å². The Hall–Kier alpha value is -3.06. The number of hydrogen-bond acceptors (Lipinski definition) is 7. The van der Waals surface area contributed by atoms with E-state index in [1.165, 1.54) is 6.21 Å². The molecule has 0 atom stereocenters. The second kappa shape index (κ2) is 9.05. The summed E-state index contributed by atoms with van der Waals surface area (Å²) in [4.78, 5) is 4.47. The van der Waals surface area contributed by atoms with E-state index in [1.807, 2.05) is 30.3 Å². The SMILES string of the molecule is COc1ccc(CCCCNC2=CCN(N)c3ccccc32)nc1C=NO. The number of para-hydroxylation sites is 1. The second-order valence-corrected chi connectivity index (χ2v) is 6.31. The zero-order valence-corrected chi connectivity index (χ0v) is 15.4. The standard InChI is InChI=1S/C20H25N5O2/c1-27-20-10-9-15(24-18(20)14-23-26)6-4-5-12-22-17-11-13-25(21)19-8-3-2-7-16(17)19/h2-3,7-11,14,22,26H,4-6,12-13,21H2,1H3. The summed E-state index contributed by atoms with van der Waals surface area (Å²) in [5.41, 5.74) is 4.80. The third-order valence-electron chi connectivity index (χ3n) is 4.51. The van der Waals surface area contributed by atoms with Gasteiger partial charge in [0.25, 0.3) is 0 Å². The molecule has 0 unspecified atom stereocenters. The van der Waals surface area contributed by atoms with Crippen LogP contribution in [0.5, 0.6) is 5.75 Å². The average Bonchev–Trinajstić information content (AvgIpc) is 2.70. The number of nitrogens with one attached hydrogen (secondary N) is 1. The first kappa shape index (κ1) is 18.7. The minimum atomic E-state index is 0.533. The van der Waals surface area contributed by atoms with Crippen LogP contribution in [0.15, 0.2) is 47.6 Å². The maximum absolute atomic E-state index is 8.74. The Kier molecular flexibility index (Phi) is 6.27. The number of nitrogens with two attached hydrogens (primary N) is 1. The lowest BCUT2D eigenvalue weighted by Crippen LogP contribution is -2.35. The minimum Gasteiger partial charge on any atom is -0.494 e. The van der Waals surface area contributed by atoms with Gasteiger partial charge in [-0.05, 0) is 43.5 Å². The number of fused-ring (bicyclic) bond motifs is 1. The van der Waals surface area contributed by atoms with Crippen LogP contribution in [0.25, 0.3) is 5.70 Å². The van der Waals surface area contributed by atoms with Crippen molar-refractivity contribution >= 4 is 17.6 Å². The topological polar surface area (TPSA) is 96.0 Å². The molecule has 7 heteroatoms. The van der Waals surface area contributed by atoms with Crippen molar-refractivity contribution in [3.05, 3.63) is 59.4 Å². The van der Waals surface area contributed by atoms with Crippen LogP contribution in [0.1, 0.15) is 29.8 Å². The van der Waals surface area contributed by atoms with Gasteiger partial charge in [0, 0.05) is 23.5 Å². The number of oxime groups is 1. The van der Waals surface area contributed by atoms with E-state index in [-0.39, 0.29) is 0 Å². The van der Waals surface area contributed by atoms with Crippen molar-refractivity contribution in [3.63, 3.8) is 0 Å². The molecule has 7 nitrogen and oxygen atoms in total. The predicted molar refractivity (Wildman–Crippen MR) is 107 cm³/mol. The Morgan fingerprint density at radius 3 is 2.96 bits per heavy atom. The predicted octanol–water partition coefficient (Wildman–Crippen LogP) is 2.55. The van der Waals surface area contributed by atoms with E-state index >= 15 is 0 Å². The van der Waals surface area contributed by atoms with Crippen molar-refractivity contribution in [2.24, 2.45) is 11.0 Å². The summed E-state index contributed by atoms with van der Waals surface area (Å²) in [5, 5.41) is 17.1. The normalized spacial score (nSPS) is 13.4. The molecule has 0 amide bonds. The first-order valence-corrected chi connectivity index (χ1v) is 9.00. The molecule has 27 heavy (non-hydrogen) atoms. The largest absolute Gasteiger partial charge is 0.494 e. The molecule has 4 N–H and O–H groups in total. The lowest BCUT2D eigenvalue weighted by Gasteiger charge is -2.27. The summed E-state index contributed by atoms with van der Waals surface area (Å²) in [6.45, 7) is 1.58. The quantitative estimate of drug-likeness (QED) is 0.218. The number of ether oxygens (including phenoxy) is 1. The molecule has 0 saturated heterocycles. The van der Waals surface area contributed by atoms with E-state index in [0.29, 0.717) is 18.0 Å². The third-order valence-corrected chi connectivity index (χ3v) is 4.51. The highest BCUT2D eigenvalue weighted by molar-refractivity contribution is 5.80. The van der Waals surface area contributed by atoms with Crippen molar-refractivity contribution in [2.75, 3.05) is 25.2 Å². The molecule has 3 rings (SSSR count). The molecular weight excluding hydrogens is 342 g/mol. The summed E-state index contributed by atoms with van der Waals surface area (Å²) in [7, 11) is 1.57. The van der Waals surface area contributed by atoms with Crippen molar-refractivity contribution < 1.29 is 9.94 Å². The van der Waals surface area contributed by atoms with Gasteiger partial charge in [0.1, 0.15) is 11.4 Å². The van der Waals surface area contributed by atoms with E-state index in [1.54, 1.807) is 12.1 Å². The van der Waals surface area contributed by atoms with Gasteiger partial charge in [0.2, 0.25) is 0 Å². The summed E-state index contributed by atoms with van der Waals surface area (Å²) >= 11 is 0. The summed E-state index contributed by atoms with van der Waals surface area (Å²) in [5.74, 6) is 6.62. The average molecular weight is 367 g/mol. The lowest BCUT2D eigenvalue weighted by atomic mass is 10.1. The lowest BCUT2D eigenvalue weighted by molar-refractivity contribution is 0.321. The van der Waals surface area contributed by atoms with Gasteiger partial charge in [0.15, 0.2) is 0 Å². The monoisotopic (exact) mass is 367 g/mol. The van der Waals surface area contributed by atoms with Crippen LogP contribution >= 0.6 is 0 Å². The van der Waals surface area contributed by atoms with Gasteiger partial charge in [-0.1, -0.05) is 23.4 Å². The Balaban J connectivity index is 1.50. The molecule has 0 radical (unpaired) electrons. The number of methoxy groups -OCH3 is 1. The number of aromatic nitrogens is 1. The zero-order chi connectivity index (χ0) is 19.1. The summed E-state index contributed by atoms with van der Waals surface area (Å²) < 4.78 is 5.21. The molecule has 0 bridgehead atoms. The van der Waals surface area contributed by atoms with Gasteiger partial charge in [-0.3, -0.25) is 0 Å². The first-order valence-electron chi connectivity index (χ1n) is 9.00. The fourth-order valence-corrected chi connectivity index (χ4v) is 3.13. The molecule has 0 aliphatic carbocycles. The molecular formula is C20H25N5O2. The van der Waals surface area contributed by atoms with Gasteiger partial charge in [-0.15, -0.1) is 0 Å². The highest BCUT2D eigenvalue weighted by atomic mass is 16.5. The van der Waals surface area contributed by atoms with Crippen molar-refractivity contribution in [1.29, 1.82) is 0 Å². The Morgan fingerprint density at radius 1 is 1.30 bits per heavy atom. The van der Waals surface area contributed by atoms with E-state index < -0.39 is 0 Å². The van der Waals surface area contributed by atoms with Crippen LogP contribution < -0.4 is 20.9 Å². The van der Waals surface area contributed by atoms with Crippen LogP contribution in [0.2, 0.25) is 0 Å². The van der Waals surface area contributed by atoms with Crippen LogP contribution in [-0.4, -0.2) is 36.6 Å². The van der Waals surface area contributed by atoms with Crippen molar-refractivity contribution in [2.45, 2.75) is 19.3 Å². The molecule has 1 aromatic carbocycles. The number of anilines is 1. The van der Waals surface area contributed by atoms with Gasteiger partial charge in [-0.2, -0.15) is 0 Å². The van der Waals surface area contributed by atoms with Gasteiger partial charge in [0.05, 0.1) is 25.6 Å². The Morgan fingerprint density at radius 2 is 2.15 bits per heavy atom. The molecule has 1 aromatic heterocycles. The highest BCUT2D eigenvalue weighted by Gasteiger charge is 2.15. The third kappa shape index (κ3) is 4.57. The molecule has 142 valence electrons. The summed E-state index contributed by atoms with van der Waals surface area (Å²) in [6, 6.07) is 11.9. The number of benzene rings is 1. The number of rotatable bonds is 8. The number of aryl methyl sites for hydroxylation is 1. The fourth-order valence-electron chi connectivity index (χ4n) is 3.13. The van der Waals surface area contributed by atoms with E-state index in [0.717, 1.165) is 48.4 Å². The molecule has 0 fully saturated rings. The van der Waals surface area contributed by atoms with Gasteiger partial charge >= 0.3 is 0 Å². The first-order chi connectivity index (χ1) is 13.2. The van der Waals surface area contributed by atoms with Gasteiger partial charge in [-0.25, -0.2) is 10.8 Å². The van der Waals surface area contributed by atoms with Crippen LogP contribution in [0.4, 0.5) is 5.69 Å². The maximum Gasteiger partial charge on any atom is 0.146 e. The molecule has 2 aromatic rings. The number of pyridine rings is 1. The minimum absolute atomic E-state index is 0.533. The van der Waals surface area contributed by atoms with E-state index in [9.17, 15) is 0 Å². The molecule has 1 aliphatic heterocycles. The molecule has 2 heterocycles. The summed E-state index contributed by atoms with van der Waals surface area (Å²) in [6.07, 6.45) is 6.28. The number of hydrazine groups is 1. The Labute approximate surface area is 159 Å². The highest BCUT2D eigenvalue weighted by Crippen LogP contribution is 2.27. The fraction of sp³-hybridized carbons (Fsp3) is 0.300. The Bertz CT molecular complexity index is 835. The number of unbranched alkanes of at least 4 members (excludes halogenated alkanes) is 1. The zero-order valence-electron chi connectivity index (χ0n) is 15.4. The molecule has 0 saturated carbocycles. The van der Waals surface area contributed by atoms with Crippen LogP contribution in [0.3, 0.4) is 0 Å². The maximum atomic E-state index is 8.74. The smallest absolute Gasteiger partial charge is 0.146 e. The van der Waals surface area contributed by atoms with Crippen LogP contribution in [-0.2, 0) is 6.42 Å². The van der Waals surface area contributed by atoms with Crippen molar-refractivity contribution in [3.8, 4) is 5.75 Å². The molecule has 0 spiro atoms. The van der Waals surface area contributed by atoms with E-state index in [4.69, 9.17) is 15.8 Å². The van der Waals surface area contributed by atoms with Gasteiger partial charge < -0.3 is 20.3 Å². The molecule has 1 aliphatic rings. The number of nitrogens with zero attached hydrogens (tertiary/aromatic N) is 3. The van der Waals surface area contributed by atoms with Crippen LogP contribution in [0, 0.1) is 0 Å². The number of hydrogen-bond donors (Lipinski definition) is 3. The second-order valence-electron chi connectivity index (χ2n) is 6.31. The van der Waals surface area contributed by atoms with E-state index in [2.05, 4.69) is 27.6 Å².